The van der Waals surface area contributed by atoms with Gasteiger partial charge in [-0.2, -0.15) is 0 Å². The number of nitrogens with one attached hydrogen (secondary N) is 1. The monoisotopic (exact) mass is 219 g/mol. The Bertz CT molecular complexity index is 299. The summed E-state index contributed by atoms with van der Waals surface area (Å²) in [6.45, 7) is 4.09. The summed E-state index contributed by atoms with van der Waals surface area (Å²) in [5.41, 5.74) is 1.35. The van der Waals surface area contributed by atoms with Crippen molar-refractivity contribution in [1.29, 1.82) is 0 Å². The standard InChI is InChI=1S/C14H21NO/c1-2-6-14-13(9-10-16-14)15-11-12-7-4-3-5-8-12/h3-5,7-8,13-15H,2,6,9-11H2,1H3. The summed E-state index contributed by atoms with van der Waals surface area (Å²) in [6, 6.07) is 11.1. The Kier molecular flexibility index (Phi) is 4.37. The van der Waals surface area contributed by atoms with E-state index in [2.05, 4.69) is 42.6 Å². The van der Waals surface area contributed by atoms with Gasteiger partial charge in [0.1, 0.15) is 0 Å². The van der Waals surface area contributed by atoms with Crippen LogP contribution in [0.4, 0.5) is 0 Å². The van der Waals surface area contributed by atoms with Crippen molar-refractivity contribution in [2.24, 2.45) is 0 Å². The van der Waals surface area contributed by atoms with Crippen LogP contribution in [0.3, 0.4) is 0 Å². The molecule has 0 bridgehead atoms. The summed E-state index contributed by atoms with van der Waals surface area (Å²) in [5, 5.41) is 3.61. The van der Waals surface area contributed by atoms with Crippen molar-refractivity contribution in [2.75, 3.05) is 6.61 Å². The molecule has 1 aliphatic heterocycles. The number of ether oxygens (including phenoxy) is 1. The summed E-state index contributed by atoms with van der Waals surface area (Å²) in [5.74, 6) is 0. The lowest BCUT2D eigenvalue weighted by atomic mass is 10.1. The van der Waals surface area contributed by atoms with Gasteiger partial charge in [-0.3, -0.25) is 0 Å². The van der Waals surface area contributed by atoms with Crippen molar-refractivity contribution in [3.05, 3.63) is 35.9 Å². The highest BCUT2D eigenvalue weighted by atomic mass is 16.5. The van der Waals surface area contributed by atoms with Gasteiger partial charge in [0, 0.05) is 19.2 Å². The van der Waals surface area contributed by atoms with Crippen molar-refractivity contribution >= 4 is 0 Å². The van der Waals surface area contributed by atoms with Crippen LogP contribution in [-0.4, -0.2) is 18.8 Å². The molecule has 88 valence electrons. The zero-order valence-corrected chi connectivity index (χ0v) is 9.99. The van der Waals surface area contributed by atoms with Crippen LogP contribution in [-0.2, 0) is 11.3 Å². The Morgan fingerprint density at radius 1 is 1.31 bits per heavy atom. The zero-order chi connectivity index (χ0) is 11.2. The molecule has 2 unspecified atom stereocenters. The van der Waals surface area contributed by atoms with Crippen LogP contribution in [0.15, 0.2) is 30.3 Å². The minimum absolute atomic E-state index is 0.425. The normalized spacial score (nSPS) is 24.8. The maximum atomic E-state index is 5.73. The molecule has 1 saturated heterocycles. The minimum Gasteiger partial charge on any atom is -0.377 e. The molecule has 0 aliphatic carbocycles. The molecule has 2 atom stereocenters. The summed E-state index contributed by atoms with van der Waals surface area (Å²) >= 11 is 0. The number of hydrogen-bond donors (Lipinski definition) is 1. The van der Waals surface area contributed by atoms with E-state index < -0.39 is 0 Å². The molecule has 2 nitrogen and oxygen atoms in total. The molecule has 2 rings (SSSR count). The maximum absolute atomic E-state index is 5.73. The molecule has 1 aromatic rings. The van der Waals surface area contributed by atoms with Crippen molar-refractivity contribution in [3.63, 3.8) is 0 Å². The van der Waals surface area contributed by atoms with Crippen LogP contribution < -0.4 is 5.32 Å². The predicted molar refractivity (Wildman–Crippen MR) is 66.3 cm³/mol. The van der Waals surface area contributed by atoms with Gasteiger partial charge >= 0.3 is 0 Å². The second kappa shape index (κ2) is 6.02. The highest BCUT2D eigenvalue weighted by molar-refractivity contribution is 5.14. The van der Waals surface area contributed by atoms with E-state index in [9.17, 15) is 0 Å². The minimum atomic E-state index is 0.425. The van der Waals surface area contributed by atoms with E-state index in [1.165, 1.54) is 18.4 Å². The van der Waals surface area contributed by atoms with Gasteiger partial charge in [-0.25, -0.2) is 0 Å². The molecule has 1 aromatic carbocycles. The Balaban J connectivity index is 1.81. The predicted octanol–water partition coefficient (Wildman–Crippen LogP) is 2.73. The highest BCUT2D eigenvalue weighted by Gasteiger charge is 2.26. The third-order valence-corrected chi connectivity index (χ3v) is 3.19. The summed E-state index contributed by atoms with van der Waals surface area (Å²) in [7, 11) is 0. The molecule has 0 spiro atoms. The maximum Gasteiger partial charge on any atom is 0.0728 e. The number of rotatable bonds is 5. The first-order valence-corrected chi connectivity index (χ1v) is 6.29. The second-order valence-corrected chi connectivity index (χ2v) is 4.46. The van der Waals surface area contributed by atoms with Crippen LogP contribution in [0.25, 0.3) is 0 Å². The van der Waals surface area contributed by atoms with Crippen LogP contribution in [0.2, 0.25) is 0 Å². The fourth-order valence-electron chi connectivity index (χ4n) is 2.30. The van der Waals surface area contributed by atoms with E-state index in [0.717, 1.165) is 19.6 Å². The van der Waals surface area contributed by atoms with Crippen molar-refractivity contribution in [2.45, 2.75) is 44.9 Å². The summed E-state index contributed by atoms with van der Waals surface area (Å²) in [6.07, 6.45) is 3.95. The fourth-order valence-corrected chi connectivity index (χ4v) is 2.30. The van der Waals surface area contributed by atoms with Gasteiger partial charge in [-0.1, -0.05) is 43.7 Å². The van der Waals surface area contributed by atoms with Crippen molar-refractivity contribution in [1.82, 2.24) is 5.32 Å². The average molecular weight is 219 g/mol. The lowest BCUT2D eigenvalue weighted by molar-refractivity contribution is 0.0905. The first kappa shape index (κ1) is 11.6. The lowest BCUT2D eigenvalue weighted by Gasteiger charge is -2.19. The zero-order valence-electron chi connectivity index (χ0n) is 9.99. The third kappa shape index (κ3) is 3.06. The fraction of sp³-hybridized carbons (Fsp3) is 0.571. The lowest BCUT2D eigenvalue weighted by Crippen LogP contribution is -2.35. The topological polar surface area (TPSA) is 21.3 Å². The molecule has 0 radical (unpaired) electrons. The molecular weight excluding hydrogens is 198 g/mol. The number of hydrogen-bond acceptors (Lipinski definition) is 2. The molecule has 16 heavy (non-hydrogen) atoms. The molecule has 2 heteroatoms. The Morgan fingerprint density at radius 2 is 2.12 bits per heavy atom. The summed E-state index contributed by atoms with van der Waals surface area (Å²) < 4.78 is 5.73. The second-order valence-electron chi connectivity index (χ2n) is 4.46. The molecule has 1 fully saturated rings. The highest BCUT2D eigenvalue weighted by Crippen LogP contribution is 2.18. The van der Waals surface area contributed by atoms with Crippen LogP contribution in [0.1, 0.15) is 31.7 Å². The number of benzene rings is 1. The first-order valence-electron chi connectivity index (χ1n) is 6.29. The van der Waals surface area contributed by atoms with Crippen LogP contribution in [0.5, 0.6) is 0 Å². The first-order chi connectivity index (χ1) is 7.90. The van der Waals surface area contributed by atoms with Gasteiger partial charge in [0.25, 0.3) is 0 Å². The van der Waals surface area contributed by atoms with Crippen molar-refractivity contribution in [3.8, 4) is 0 Å². The molecule has 0 saturated carbocycles. The van der Waals surface area contributed by atoms with Crippen molar-refractivity contribution < 1.29 is 4.74 Å². The molecule has 1 aliphatic rings. The van der Waals surface area contributed by atoms with E-state index >= 15 is 0 Å². The Morgan fingerprint density at radius 3 is 2.88 bits per heavy atom. The summed E-state index contributed by atoms with van der Waals surface area (Å²) in [4.78, 5) is 0. The van der Waals surface area contributed by atoms with E-state index in [-0.39, 0.29) is 0 Å². The molecule has 1 heterocycles. The van der Waals surface area contributed by atoms with Gasteiger partial charge in [0.05, 0.1) is 6.10 Å². The Hall–Kier alpha value is -0.860. The Labute approximate surface area is 98.0 Å². The van der Waals surface area contributed by atoms with Gasteiger partial charge in [0.2, 0.25) is 0 Å². The van der Waals surface area contributed by atoms with Gasteiger partial charge in [-0.05, 0) is 18.4 Å². The molecule has 0 aromatic heterocycles. The third-order valence-electron chi connectivity index (χ3n) is 3.19. The van der Waals surface area contributed by atoms with E-state index in [1.807, 2.05) is 0 Å². The van der Waals surface area contributed by atoms with E-state index in [0.29, 0.717) is 12.1 Å². The molecule has 0 amide bonds. The van der Waals surface area contributed by atoms with E-state index in [4.69, 9.17) is 4.74 Å². The van der Waals surface area contributed by atoms with Crippen LogP contribution >= 0.6 is 0 Å². The quantitative estimate of drug-likeness (QED) is 0.822. The smallest absolute Gasteiger partial charge is 0.0728 e. The van der Waals surface area contributed by atoms with Gasteiger partial charge in [-0.15, -0.1) is 0 Å². The van der Waals surface area contributed by atoms with E-state index in [1.54, 1.807) is 0 Å². The van der Waals surface area contributed by atoms with Gasteiger partial charge < -0.3 is 10.1 Å². The largest absolute Gasteiger partial charge is 0.377 e. The van der Waals surface area contributed by atoms with Crippen LogP contribution in [0, 0.1) is 0 Å². The molecular formula is C14H21NO. The average Bonchev–Trinajstić information content (AvgIpc) is 2.76. The van der Waals surface area contributed by atoms with Gasteiger partial charge in [0.15, 0.2) is 0 Å². The SMILES string of the molecule is CCCC1OCCC1NCc1ccccc1. The molecule has 1 N–H and O–H groups in total.